The number of rotatable bonds is 6. The molecule has 0 saturated carbocycles. The van der Waals surface area contributed by atoms with Crippen LogP contribution in [0.4, 0.5) is 11.4 Å². The largest absolute Gasteiger partial charge is 0.366 e. The van der Waals surface area contributed by atoms with E-state index in [-0.39, 0.29) is 16.5 Å². The maximum atomic E-state index is 8.19. The third-order valence-electron chi connectivity index (χ3n) is 6.01. The fourth-order valence-corrected chi connectivity index (χ4v) is 4.46. The molecule has 31 heavy (non-hydrogen) atoms. The van der Waals surface area contributed by atoms with Crippen LogP contribution in [0.25, 0.3) is 0 Å². The molecule has 0 radical (unpaired) electrons. The third kappa shape index (κ3) is 6.05. The lowest BCUT2D eigenvalue weighted by Gasteiger charge is -2.48. The van der Waals surface area contributed by atoms with Gasteiger partial charge in [-0.3, -0.25) is 0 Å². The van der Waals surface area contributed by atoms with Gasteiger partial charge in [0.05, 0.1) is 0 Å². The molecule has 2 rings (SSSR count). The van der Waals surface area contributed by atoms with E-state index < -0.39 is 6.85 Å². The molecule has 0 atom stereocenters. The molecule has 2 aromatic rings. The molecule has 0 amide bonds. The average molecular weight is 426 g/mol. The van der Waals surface area contributed by atoms with Crippen LogP contribution in [0, 0.1) is 33.0 Å². The van der Waals surface area contributed by atoms with Crippen LogP contribution in [0.5, 0.6) is 0 Å². The summed E-state index contributed by atoms with van der Waals surface area (Å²) in [4.78, 5) is 4.84. The van der Waals surface area contributed by atoms with Gasteiger partial charge in [-0.25, -0.2) is 0 Å². The van der Waals surface area contributed by atoms with Crippen LogP contribution in [-0.2, 0) is 0 Å². The number of nitrogens with zero attached hydrogens (tertiary/aromatic N) is 2. The first kappa shape index (κ1) is 20.9. The lowest BCUT2D eigenvalue weighted by atomic mass is 9.86. The van der Waals surface area contributed by atoms with Gasteiger partial charge in [0.15, 0.2) is 0 Å². The monoisotopic (exact) mass is 425 g/mol. The van der Waals surface area contributed by atoms with Gasteiger partial charge in [-0.05, 0) is 96.8 Å². The topological polar surface area (TPSA) is 6.48 Å². The summed E-state index contributed by atoms with van der Waals surface area (Å²) in [5.74, 6) is 0. The standard InChI is InChI=1S/C29H46N2/c1-21-15-13-16-22(2)25(21)30(27(5,6)7)19-29(11,12)20-31(28(8,9)10)26-23(3)17-14-18-24(26)4/h13-18H,19-20H2,1-12H3/i1D3. The van der Waals surface area contributed by atoms with Gasteiger partial charge in [0.1, 0.15) is 0 Å². The second-order valence-electron chi connectivity index (χ2n) is 11.9. The second-order valence-corrected chi connectivity index (χ2v) is 11.9. The molecule has 2 nitrogen and oxygen atoms in total. The van der Waals surface area contributed by atoms with E-state index in [0.29, 0.717) is 5.56 Å². The summed E-state index contributed by atoms with van der Waals surface area (Å²) in [6, 6.07) is 12.1. The van der Waals surface area contributed by atoms with E-state index in [9.17, 15) is 0 Å². The van der Waals surface area contributed by atoms with E-state index in [1.54, 1.807) is 6.07 Å². The average Bonchev–Trinajstić information content (AvgIpc) is 2.63. The smallest absolute Gasteiger partial charge is 0.0430 e. The summed E-state index contributed by atoms with van der Waals surface area (Å²) in [5.41, 5.74) is 5.71. The number of anilines is 2. The summed E-state index contributed by atoms with van der Waals surface area (Å²) in [6.45, 7) is 23.7. The molecular weight excluding hydrogens is 376 g/mol. The van der Waals surface area contributed by atoms with Crippen molar-refractivity contribution in [3.05, 3.63) is 58.7 Å². The number of benzene rings is 2. The van der Waals surface area contributed by atoms with Crippen molar-refractivity contribution in [3.63, 3.8) is 0 Å². The van der Waals surface area contributed by atoms with Gasteiger partial charge >= 0.3 is 0 Å². The van der Waals surface area contributed by atoms with E-state index in [0.717, 1.165) is 24.3 Å². The SMILES string of the molecule is [2H]C([2H])([2H])c1cccc(C)c1N(CC(C)(C)CN(c1c(C)cccc1C)C(C)(C)C)C(C)(C)C. The van der Waals surface area contributed by atoms with Gasteiger partial charge in [-0.2, -0.15) is 0 Å². The lowest BCUT2D eigenvalue weighted by molar-refractivity contribution is 0.309. The van der Waals surface area contributed by atoms with Crippen LogP contribution in [0.2, 0.25) is 0 Å². The zero-order valence-corrected chi connectivity index (χ0v) is 21.8. The molecule has 0 spiro atoms. The van der Waals surface area contributed by atoms with Crippen molar-refractivity contribution < 1.29 is 4.11 Å². The van der Waals surface area contributed by atoms with Crippen molar-refractivity contribution in [1.82, 2.24) is 0 Å². The number of hydrogen-bond acceptors (Lipinski definition) is 2. The van der Waals surface area contributed by atoms with Gasteiger partial charge in [-0.1, -0.05) is 50.2 Å². The maximum Gasteiger partial charge on any atom is 0.0430 e. The molecule has 0 heterocycles. The van der Waals surface area contributed by atoms with Crippen molar-refractivity contribution in [1.29, 1.82) is 0 Å². The number of para-hydroxylation sites is 2. The molecule has 172 valence electrons. The minimum atomic E-state index is -2.16. The summed E-state index contributed by atoms with van der Waals surface area (Å²) in [6.07, 6.45) is 0. The zero-order chi connectivity index (χ0) is 26.3. The highest BCUT2D eigenvalue weighted by Crippen LogP contribution is 2.37. The lowest BCUT2D eigenvalue weighted by Crippen LogP contribution is -2.53. The van der Waals surface area contributed by atoms with Gasteiger partial charge in [0.25, 0.3) is 0 Å². The molecule has 0 N–H and O–H groups in total. The first-order valence-electron chi connectivity index (χ1n) is 13.0. The van der Waals surface area contributed by atoms with Crippen LogP contribution >= 0.6 is 0 Å². The quantitative estimate of drug-likeness (QED) is 0.465. The predicted molar refractivity (Wildman–Crippen MR) is 140 cm³/mol. The molecule has 0 aliphatic carbocycles. The molecule has 0 saturated heterocycles. The Labute approximate surface area is 196 Å². The summed E-state index contributed by atoms with van der Waals surface area (Å²) >= 11 is 0. The molecule has 0 aliphatic rings. The number of hydrogen-bond donors (Lipinski definition) is 0. The molecular formula is C29H46N2. The van der Waals surface area contributed by atoms with Gasteiger partial charge in [0.2, 0.25) is 0 Å². The fourth-order valence-electron chi connectivity index (χ4n) is 4.46. The van der Waals surface area contributed by atoms with E-state index >= 15 is 0 Å². The van der Waals surface area contributed by atoms with Crippen LogP contribution < -0.4 is 9.80 Å². The minimum absolute atomic E-state index is 0.0623. The highest BCUT2D eigenvalue weighted by molar-refractivity contribution is 5.62. The van der Waals surface area contributed by atoms with E-state index in [1.807, 2.05) is 19.1 Å². The Bertz CT molecular complexity index is 972. The van der Waals surface area contributed by atoms with Crippen molar-refractivity contribution in [2.75, 3.05) is 22.9 Å². The summed E-state index contributed by atoms with van der Waals surface area (Å²) < 4.78 is 24.6. The molecule has 0 aromatic heterocycles. The van der Waals surface area contributed by atoms with E-state index in [1.165, 1.54) is 16.8 Å². The Morgan fingerprint density at radius 3 is 1.26 bits per heavy atom. The number of aryl methyl sites for hydroxylation is 4. The summed E-state index contributed by atoms with van der Waals surface area (Å²) in [7, 11) is 0. The first-order chi connectivity index (χ1) is 15.3. The van der Waals surface area contributed by atoms with Gasteiger partial charge < -0.3 is 9.80 Å². The van der Waals surface area contributed by atoms with Crippen molar-refractivity contribution in [3.8, 4) is 0 Å². The van der Waals surface area contributed by atoms with E-state index in [2.05, 4.69) is 97.2 Å². The van der Waals surface area contributed by atoms with Crippen molar-refractivity contribution >= 4 is 11.4 Å². The second kappa shape index (κ2) is 8.88. The Hall–Kier alpha value is -1.96. The molecule has 2 aromatic carbocycles. The van der Waals surface area contributed by atoms with Crippen LogP contribution in [0.3, 0.4) is 0 Å². The molecule has 0 unspecified atom stereocenters. The van der Waals surface area contributed by atoms with Crippen molar-refractivity contribution in [2.24, 2.45) is 5.41 Å². The van der Waals surface area contributed by atoms with Crippen molar-refractivity contribution in [2.45, 2.75) is 94.1 Å². The highest BCUT2D eigenvalue weighted by atomic mass is 15.2. The summed E-state index contributed by atoms with van der Waals surface area (Å²) in [5, 5.41) is 0. The zero-order valence-electron chi connectivity index (χ0n) is 24.8. The Morgan fingerprint density at radius 2 is 0.935 bits per heavy atom. The molecule has 0 aliphatic heterocycles. The molecule has 2 heteroatoms. The maximum absolute atomic E-state index is 8.19. The minimum Gasteiger partial charge on any atom is -0.366 e. The van der Waals surface area contributed by atoms with Gasteiger partial charge in [-0.15, -0.1) is 0 Å². The third-order valence-corrected chi connectivity index (χ3v) is 6.01. The fraction of sp³-hybridized carbons (Fsp3) is 0.586. The molecule has 0 bridgehead atoms. The van der Waals surface area contributed by atoms with E-state index in [4.69, 9.17) is 4.11 Å². The molecule has 0 fully saturated rings. The van der Waals surface area contributed by atoms with Crippen LogP contribution in [0.1, 0.15) is 81.8 Å². The van der Waals surface area contributed by atoms with Crippen LogP contribution in [-0.4, -0.2) is 24.2 Å². The van der Waals surface area contributed by atoms with Crippen LogP contribution in [0.15, 0.2) is 36.4 Å². The predicted octanol–water partition coefficient (Wildman–Crippen LogP) is 7.86. The first-order valence-corrected chi connectivity index (χ1v) is 11.5. The normalized spacial score (nSPS) is 14.6. The van der Waals surface area contributed by atoms with Gasteiger partial charge in [0, 0.05) is 39.7 Å². The highest BCUT2D eigenvalue weighted by Gasteiger charge is 2.35. The Balaban J connectivity index is 2.57. The Kier molecular flexibility index (Phi) is 5.99. The Morgan fingerprint density at radius 1 is 0.613 bits per heavy atom.